The third-order valence-corrected chi connectivity index (χ3v) is 8.30. The molecule has 1 N–H and O–H groups in total. The van der Waals surface area contributed by atoms with E-state index in [1.807, 2.05) is 39.0 Å². The first kappa shape index (κ1) is 21.7. The van der Waals surface area contributed by atoms with E-state index in [-0.39, 0.29) is 5.91 Å². The van der Waals surface area contributed by atoms with E-state index in [1.165, 1.54) is 11.3 Å². The summed E-state index contributed by atoms with van der Waals surface area (Å²) in [6.45, 7) is 5.69. The van der Waals surface area contributed by atoms with Crippen molar-refractivity contribution in [3.05, 3.63) is 64.4 Å². The second-order valence-electron chi connectivity index (χ2n) is 7.23. The lowest BCUT2D eigenvalue weighted by Crippen LogP contribution is -2.11. The number of carbonyl (C=O) groups is 1. The zero-order valence-corrected chi connectivity index (χ0v) is 20.4. The summed E-state index contributed by atoms with van der Waals surface area (Å²) in [5, 5.41) is 7.66. The molecular weight excluding hydrogens is 476 g/mol. The van der Waals surface area contributed by atoms with Crippen molar-refractivity contribution in [1.29, 1.82) is 0 Å². The van der Waals surface area contributed by atoms with Gasteiger partial charge in [0.25, 0.3) is 5.91 Å². The Morgan fingerprint density at radius 3 is 2.76 bits per heavy atom. The van der Waals surface area contributed by atoms with Crippen LogP contribution in [0.5, 0.6) is 0 Å². The van der Waals surface area contributed by atoms with E-state index in [4.69, 9.17) is 9.51 Å². The molecule has 0 bridgehead atoms. The van der Waals surface area contributed by atoms with Crippen LogP contribution in [0.4, 0.5) is 5.69 Å². The number of aryl methyl sites for hydroxylation is 3. The van der Waals surface area contributed by atoms with E-state index >= 15 is 0 Å². The van der Waals surface area contributed by atoms with Crippen LogP contribution in [0.15, 0.2) is 45.7 Å². The van der Waals surface area contributed by atoms with E-state index in [9.17, 15) is 4.79 Å². The molecule has 1 aromatic carbocycles. The van der Waals surface area contributed by atoms with Crippen molar-refractivity contribution >= 4 is 56.2 Å². The number of fused-ring (bicyclic) bond motifs is 1. The lowest BCUT2D eigenvalue weighted by atomic mass is 10.2. The zero-order chi connectivity index (χ0) is 22.9. The first-order chi connectivity index (χ1) is 16.0. The van der Waals surface area contributed by atoms with Gasteiger partial charge in [-0.15, -0.1) is 22.7 Å². The highest BCUT2D eigenvalue weighted by Gasteiger charge is 2.18. The molecule has 0 aliphatic rings. The summed E-state index contributed by atoms with van der Waals surface area (Å²) in [5.41, 5.74) is 4.94. The lowest BCUT2D eigenvalue weighted by molar-refractivity contribution is 0.103. The van der Waals surface area contributed by atoms with Crippen LogP contribution in [0.1, 0.15) is 32.4 Å². The fraction of sp³-hybridized carbons (Fsp3) is 0.182. The first-order valence-electron chi connectivity index (χ1n) is 9.98. The van der Waals surface area contributed by atoms with Crippen LogP contribution >= 0.6 is 34.4 Å². The largest absolute Gasteiger partial charge is 0.361 e. The average molecular weight is 495 g/mol. The first-order valence-corrected chi connectivity index (χ1v) is 12.6. The minimum absolute atomic E-state index is 0.197. The Balaban J connectivity index is 1.31. The predicted molar refractivity (Wildman–Crippen MR) is 131 cm³/mol. The van der Waals surface area contributed by atoms with Gasteiger partial charge in [-0.05, 0) is 39.0 Å². The summed E-state index contributed by atoms with van der Waals surface area (Å²) in [4.78, 5) is 31.0. The SMILES string of the molecule is Cc1nc(-c2cnccn2)sc1C(=O)Nc1ccc2nc(SCc3c(C)noc3C)sc2c1. The number of aromatic nitrogens is 5. The van der Waals surface area contributed by atoms with Crippen molar-refractivity contribution in [2.75, 3.05) is 5.32 Å². The second-order valence-corrected chi connectivity index (χ2v) is 10.5. The molecule has 33 heavy (non-hydrogen) atoms. The number of hydrogen-bond donors (Lipinski definition) is 1. The number of rotatable bonds is 6. The number of nitrogens with zero attached hydrogens (tertiary/aromatic N) is 5. The molecule has 5 rings (SSSR count). The number of anilines is 1. The van der Waals surface area contributed by atoms with E-state index < -0.39 is 0 Å². The van der Waals surface area contributed by atoms with E-state index in [1.54, 1.807) is 41.7 Å². The third kappa shape index (κ3) is 4.52. The van der Waals surface area contributed by atoms with Gasteiger partial charge in [-0.3, -0.25) is 14.8 Å². The number of hydrogen-bond acceptors (Lipinski definition) is 10. The van der Waals surface area contributed by atoms with Crippen molar-refractivity contribution in [3.8, 4) is 10.7 Å². The normalized spacial score (nSPS) is 11.2. The molecule has 0 saturated heterocycles. The smallest absolute Gasteiger partial charge is 0.267 e. The summed E-state index contributed by atoms with van der Waals surface area (Å²) in [7, 11) is 0. The minimum Gasteiger partial charge on any atom is -0.361 e. The topological polar surface area (TPSA) is 107 Å². The Kier molecular flexibility index (Phi) is 5.92. The van der Waals surface area contributed by atoms with Gasteiger partial charge in [0.2, 0.25) is 0 Å². The average Bonchev–Trinajstić information content (AvgIpc) is 3.49. The maximum absolute atomic E-state index is 12.9. The van der Waals surface area contributed by atoms with Crippen molar-refractivity contribution in [3.63, 3.8) is 0 Å². The number of amides is 1. The molecule has 0 aliphatic heterocycles. The molecule has 166 valence electrons. The Bertz CT molecular complexity index is 1440. The highest BCUT2D eigenvalue weighted by molar-refractivity contribution is 8.00. The summed E-state index contributed by atoms with van der Waals surface area (Å²) in [5.74, 6) is 1.40. The van der Waals surface area contributed by atoms with Crippen molar-refractivity contribution < 1.29 is 9.32 Å². The molecule has 11 heteroatoms. The Morgan fingerprint density at radius 1 is 1.12 bits per heavy atom. The van der Waals surface area contributed by atoms with Crippen LogP contribution in [0.2, 0.25) is 0 Å². The molecule has 0 aliphatic carbocycles. The monoisotopic (exact) mass is 494 g/mol. The molecule has 4 aromatic heterocycles. The standard InChI is InChI=1S/C22H18N6O2S3/c1-11-15(13(3)30-28-11)10-31-22-27-16-5-4-14(8-18(16)32-22)26-20(29)19-12(2)25-21(33-19)17-9-23-6-7-24-17/h4-9H,10H2,1-3H3,(H,26,29). The number of thioether (sulfide) groups is 1. The van der Waals surface area contributed by atoms with Gasteiger partial charge in [-0.1, -0.05) is 16.9 Å². The predicted octanol–water partition coefficient (Wildman–Crippen LogP) is 5.67. The van der Waals surface area contributed by atoms with Gasteiger partial charge in [0.15, 0.2) is 4.34 Å². The van der Waals surface area contributed by atoms with Crippen LogP contribution < -0.4 is 5.32 Å². The molecular formula is C22H18N6O2S3. The van der Waals surface area contributed by atoms with Crippen LogP contribution in [-0.4, -0.2) is 31.0 Å². The Morgan fingerprint density at radius 2 is 2.00 bits per heavy atom. The fourth-order valence-corrected chi connectivity index (χ4v) is 6.38. The van der Waals surface area contributed by atoms with Gasteiger partial charge in [0.1, 0.15) is 21.3 Å². The van der Waals surface area contributed by atoms with Gasteiger partial charge >= 0.3 is 0 Å². The van der Waals surface area contributed by atoms with Gasteiger partial charge in [0.05, 0.1) is 27.8 Å². The lowest BCUT2D eigenvalue weighted by Gasteiger charge is -2.03. The molecule has 1 amide bonds. The quantitative estimate of drug-likeness (QED) is 0.301. The van der Waals surface area contributed by atoms with Crippen LogP contribution in [0.25, 0.3) is 20.9 Å². The van der Waals surface area contributed by atoms with E-state index in [0.29, 0.717) is 27.0 Å². The summed E-state index contributed by atoms with van der Waals surface area (Å²) in [6, 6.07) is 5.74. The number of thiazole rings is 2. The van der Waals surface area contributed by atoms with Crippen LogP contribution in [0.3, 0.4) is 0 Å². The zero-order valence-electron chi connectivity index (χ0n) is 17.9. The number of benzene rings is 1. The van der Waals surface area contributed by atoms with E-state index in [2.05, 4.69) is 25.4 Å². The van der Waals surface area contributed by atoms with Crippen molar-refractivity contribution in [2.45, 2.75) is 30.9 Å². The Hall–Kier alpha value is -3.15. The van der Waals surface area contributed by atoms with Gasteiger partial charge in [0, 0.05) is 29.4 Å². The van der Waals surface area contributed by atoms with Crippen LogP contribution in [-0.2, 0) is 5.75 Å². The summed E-state index contributed by atoms with van der Waals surface area (Å²) < 4.78 is 7.20. The molecule has 5 aromatic rings. The maximum atomic E-state index is 12.9. The number of carbonyl (C=O) groups excluding carboxylic acids is 1. The molecule has 4 heterocycles. The summed E-state index contributed by atoms with van der Waals surface area (Å²) in [6.07, 6.45) is 4.85. The molecule has 0 atom stereocenters. The molecule has 0 radical (unpaired) electrons. The highest BCUT2D eigenvalue weighted by Crippen LogP contribution is 2.34. The van der Waals surface area contributed by atoms with Gasteiger partial charge in [-0.2, -0.15) is 0 Å². The fourth-order valence-electron chi connectivity index (χ4n) is 3.20. The maximum Gasteiger partial charge on any atom is 0.267 e. The van der Waals surface area contributed by atoms with Crippen molar-refractivity contribution in [2.24, 2.45) is 0 Å². The minimum atomic E-state index is -0.197. The molecule has 8 nitrogen and oxygen atoms in total. The van der Waals surface area contributed by atoms with E-state index in [0.717, 1.165) is 37.3 Å². The van der Waals surface area contributed by atoms with Gasteiger partial charge in [-0.25, -0.2) is 9.97 Å². The summed E-state index contributed by atoms with van der Waals surface area (Å²) >= 11 is 4.55. The third-order valence-electron chi connectivity index (χ3n) is 4.93. The number of nitrogens with one attached hydrogen (secondary N) is 1. The second kappa shape index (κ2) is 9.00. The Labute approximate surface area is 201 Å². The molecule has 0 saturated carbocycles. The van der Waals surface area contributed by atoms with Gasteiger partial charge < -0.3 is 9.84 Å². The van der Waals surface area contributed by atoms with Crippen molar-refractivity contribution in [1.82, 2.24) is 25.1 Å². The molecule has 0 unspecified atom stereocenters. The highest BCUT2D eigenvalue weighted by atomic mass is 32.2. The molecule has 0 fully saturated rings. The van der Waals surface area contributed by atoms with Crippen LogP contribution in [0, 0.1) is 20.8 Å². The molecule has 0 spiro atoms.